The fraction of sp³-hybridized carbons (Fsp3) is 0.227. The Balaban J connectivity index is 2.06. The first-order valence-electron chi connectivity index (χ1n) is 9.58. The van der Waals surface area contributed by atoms with Crippen LogP contribution in [0.2, 0.25) is 0 Å². The monoisotopic (exact) mass is 463 g/mol. The summed E-state index contributed by atoms with van der Waals surface area (Å²) in [5, 5.41) is 2.89. The zero-order valence-electron chi connectivity index (χ0n) is 17.9. The largest absolute Gasteiger partial charge is 0.573 e. The fourth-order valence-electron chi connectivity index (χ4n) is 3.11. The lowest BCUT2D eigenvalue weighted by Gasteiger charge is -2.09. The molecule has 0 aliphatic heterocycles. The number of halogens is 3. The average Bonchev–Trinajstić information content (AvgIpc) is 3.08. The molecule has 0 saturated heterocycles. The number of nitrogens with zero attached hydrogens (tertiary/aromatic N) is 2. The van der Waals surface area contributed by atoms with Crippen molar-refractivity contribution < 1.29 is 32.2 Å². The first-order chi connectivity index (χ1) is 15.6. The van der Waals surface area contributed by atoms with Crippen LogP contribution in [0.3, 0.4) is 0 Å². The van der Waals surface area contributed by atoms with E-state index in [4.69, 9.17) is 9.47 Å². The second-order valence-corrected chi connectivity index (χ2v) is 6.80. The molecule has 11 heteroatoms. The number of benzene rings is 2. The highest BCUT2D eigenvalue weighted by molar-refractivity contribution is 6.01. The summed E-state index contributed by atoms with van der Waals surface area (Å²) in [6, 6.07) is 11.6. The molecule has 0 fully saturated rings. The van der Waals surface area contributed by atoms with Crippen molar-refractivity contribution >= 4 is 17.4 Å². The molecular formula is C22H20F3N3O5. The standard InChI is InChI=1S/C22H20F3N3O5/c1-13(26-14-5-4-6-17(11-14)33-22(23,24)25)20-18(12-19(29)32-3)27-28(21(20)30)15-7-9-16(31-2)10-8-15/h4-11,27H,12H2,1-3H3. The number of methoxy groups -OCH3 is 2. The summed E-state index contributed by atoms with van der Waals surface area (Å²) in [7, 11) is 2.73. The van der Waals surface area contributed by atoms with Crippen molar-refractivity contribution in [2.45, 2.75) is 19.7 Å². The number of hydrogen-bond donors (Lipinski definition) is 1. The third-order valence-corrected chi connectivity index (χ3v) is 4.55. The Hall–Kier alpha value is -4.02. The van der Waals surface area contributed by atoms with Gasteiger partial charge in [-0.05, 0) is 43.3 Å². The number of aromatic nitrogens is 2. The summed E-state index contributed by atoms with van der Waals surface area (Å²) in [5.74, 6) is -0.448. The van der Waals surface area contributed by atoms with Gasteiger partial charge in [0, 0.05) is 6.07 Å². The first-order valence-corrected chi connectivity index (χ1v) is 9.58. The fourth-order valence-corrected chi connectivity index (χ4v) is 3.11. The smallest absolute Gasteiger partial charge is 0.497 e. The van der Waals surface area contributed by atoms with E-state index in [9.17, 15) is 22.8 Å². The van der Waals surface area contributed by atoms with Crippen LogP contribution in [0.5, 0.6) is 11.5 Å². The highest BCUT2D eigenvalue weighted by Crippen LogP contribution is 2.27. The van der Waals surface area contributed by atoms with E-state index in [-0.39, 0.29) is 29.1 Å². The van der Waals surface area contributed by atoms with Gasteiger partial charge in [0.05, 0.1) is 49.0 Å². The molecule has 0 radical (unpaired) electrons. The number of rotatable bonds is 7. The molecular weight excluding hydrogens is 443 g/mol. The molecule has 0 unspecified atom stereocenters. The molecule has 33 heavy (non-hydrogen) atoms. The third kappa shape index (κ3) is 5.82. The number of nitrogens with one attached hydrogen (secondary N) is 1. The highest BCUT2D eigenvalue weighted by atomic mass is 19.4. The molecule has 0 aliphatic rings. The third-order valence-electron chi connectivity index (χ3n) is 4.55. The molecule has 0 amide bonds. The number of carbonyl (C=O) groups excluding carboxylic acids is 1. The van der Waals surface area contributed by atoms with Gasteiger partial charge in [0.2, 0.25) is 0 Å². The SMILES string of the molecule is COC(=O)Cc1[nH]n(-c2ccc(OC)cc2)c(=O)c1C(C)=Nc1cccc(OC(F)(F)F)c1. The number of aromatic amines is 1. The van der Waals surface area contributed by atoms with Crippen LogP contribution in [-0.4, -0.2) is 42.0 Å². The lowest BCUT2D eigenvalue weighted by atomic mass is 10.1. The number of hydrogen-bond acceptors (Lipinski definition) is 6. The van der Waals surface area contributed by atoms with E-state index in [1.807, 2.05) is 0 Å². The van der Waals surface area contributed by atoms with Crippen LogP contribution < -0.4 is 15.0 Å². The van der Waals surface area contributed by atoms with Crippen molar-refractivity contribution in [2.24, 2.45) is 4.99 Å². The molecule has 0 saturated carbocycles. The van der Waals surface area contributed by atoms with Crippen molar-refractivity contribution in [3.63, 3.8) is 0 Å². The molecule has 0 atom stereocenters. The summed E-state index contributed by atoms with van der Waals surface area (Å²) in [6.07, 6.45) is -5.09. The number of H-pyrrole nitrogens is 1. The first kappa shape index (κ1) is 23.6. The van der Waals surface area contributed by atoms with E-state index >= 15 is 0 Å². The predicted octanol–water partition coefficient (Wildman–Crippen LogP) is 3.93. The van der Waals surface area contributed by atoms with Crippen molar-refractivity contribution in [2.75, 3.05) is 14.2 Å². The van der Waals surface area contributed by atoms with Gasteiger partial charge in [-0.1, -0.05) is 6.07 Å². The minimum Gasteiger partial charge on any atom is -0.497 e. The minimum atomic E-state index is -4.85. The van der Waals surface area contributed by atoms with Gasteiger partial charge in [-0.25, -0.2) is 4.68 Å². The number of alkyl halides is 3. The summed E-state index contributed by atoms with van der Waals surface area (Å²) in [4.78, 5) is 29.4. The summed E-state index contributed by atoms with van der Waals surface area (Å²) in [5.41, 5.74) is 0.640. The van der Waals surface area contributed by atoms with Gasteiger partial charge in [-0.2, -0.15) is 0 Å². The molecule has 3 aromatic rings. The zero-order chi connectivity index (χ0) is 24.2. The Morgan fingerprint density at radius 1 is 1.09 bits per heavy atom. The maximum absolute atomic E-state index is 13.2. The molecule has 1 heterocycles. The molecule has 0 spiro atoms. The van der Waals surface area contributed by atoms with E-state index in [0.29, 0.717) is 11.4 Å². The quantitative estimate of drug-likeness (QED) is 0.423. The second kappa shape index (κ2) is 9.63. The van der Waals surface area contributed by atoms with E-state index in [2.05, 4.69) is 14.8 Å². The molecule has 0 bridgehead atoms. The average molecular weight is 463 g/mol. The molecule has 1 N–H and O–H groups in total. The molecule has 3 rings (SSSR count). The minimum absolute atomic E-state index is 0.0957. The molecule has 8 nitrogen and oxygen atoms in total. The van der Waals surface area contributed by atoms with Crippen molar-refractivity contribution in [1.29, 1.82) is 0 Å². The Labute approximate surface area is 186 Å². The van der Waals surface area contributed by atoms with Crippen LogP contribution >= 0.6 is 0 Å². The van der Waals surface area contributed by atoms with Crippen LogP contribution in [0, 0.1) is 0 Å². The van der Waals surface area contributed by atoms with Gasteiger partial charge >= 0.3 is 12.3 Å². The molecule has 174 valence electrons. The lowest BCUT2D eigenvalue weighted by molar-refractivity contribution is -0.274. The zero-order valence-corrected chi connectivity index (χ0v) is 17.9. The van der Waals surface area contributed by atoms with Gasteiger partial charge < -0.3 is 14.2 Å². The van der Waals surface area contributed by atoms with Crippen LogP contribution in [0.4, 0.5) is 18.9 Å². The van der Waals surface area contributed by atoms with Crippen molar-refractivity contribution in [3.8, 4) is 17.2 Å². The van der Waals surface area contributed by atoms with Gasteiger partial charge in [0.25, 0.3) is 5.56 Å². The molecule has 2 aromatic carbocycles. The maximum Gasteiger partial charge on any atom is 0.573 e. The maximum atomic E-state index is 13.2. The Bertz CT molecular complexity index is 1230. The van der Waals surface area contributed by atoms with E-state index < -0.39 is 23.6 Å². The Kier molecular flexibility index (Phi) is 6.90. The van der Waals surface area contributed by atoms with E-state index in [0.717, 1.165) is 12.1 Å². The van der Waals surface area contributed by atoms with Crippen LogP contribution in [0.15, 0.2) is 58.3 Å². The van der Waals surface area contributed by atoms with Crippen LogP contribution in [0.25, 0.3) is 5.69 Å². The van der Waals surface area contributed by atoms with Crippen LogP contribution in [-0.2, 0) is 16.0 Å². The highest BCUT2D eigenvalue weighted by Gasteiger charge is 2.31. The van der Waals surface area contributed by atoms with Crippen molar-refractivity contribution in [3.05, 3.63) is 70.1 Å². The number of aliphatic imine (C=N–C) groups is 1. The topological polar surface area (TPSA) is 94.9 Å². The second-order valence-electron chi connectivity index (χ2n) is 6.80. The van der Waals surface area contributed by atoms with Crippen LogP contribution in [0.1, 0.15) is 18.2 Å². The summed E-state index contributed by atoms with van der Waals surface area (Å²) < 4.78 is 52.5. The molecule has 1 aromatic heterocycles. The predicted molar refractivity (Wildman–Crippen MR) is 114 cm³/mol. The molecule has 0 aliphatic carbocycles. The Morgan fingerprint density at radius 2 is 1.79 bits per heavy atom. The number of ether oxygens (including phenoxy) is 3. The number of carbonyl (C=O) groups is 1. The van der Waals surface area contributed by atoms with Gasteiger partial charge in [0.1, 0.15) is 11.5 Å². The van der Waals surface area contributed by atoms with Gasteiger partial charge in [-0.3, -0.25) is 19.7 Å². The van der Waals surface area contributed by atoms with Gasteiger partial charge in [-0.15, -0.1) is 13.2 Å². The summed E-state index contributed by atoms with van der Waals surface area (Å²) >= 11 is 0. The van der Waals surface area contributed by atoms with E-state index in [1.165, 1.54) is 38.0 Å². The van der Waals surface area contributed by atoms with Gasteiger partial charge in [0.15, 0.2) is 0 Å². The lowest BCUT2D eigenvalue weighted by Crippen LogP contribution is -2.20. The summed E-state index contributed by atoms with van der Waals surface area (Å²) in [6.45, 7) is 1.51. The van der Waals surface area contributed by atoms with E-state index in [1.54, 1.807) is 24.3 Å². The van der Waals surface area contributed by atoms with Crippen molar-refractivity contribution in [1.82, 2.24) is 9.78 Å². The number of esters is 1. The normalized spacial score (nSPS) is 11.9. The Morgan fingerprint density at radius 3 is 2.39 bits per heavy atom.